The zero-order valence-electron chi connectivity index (χ0n) is 15.5. The molecule has 3 aromatic heterocycles. The van der Waals surface area contributed by atoms with Crippen LogP contribution in [0, 0.1) is 0 Å². The molecule has 5 rings (SSSR count). The van der Waals surface area contributed by atoms with E-state index >= 15 is 0 Å². The molecule has 0 unspecified atom stereocenters. The monoisotopic (exact) mass is 391 g/mol. The van der Waals surface area contributed by atoms with Gasteiger partial charge in [0.15, 0.2) is 4.96 Å². The first kappa shape index (κ1) is 17.2. The Labute approximate surface area is 166 Å². The fourth-order valence-corrected chi connectivity index (χ4v) is 4.54. The first-order chi connectivity index (χ1) is 13.8. The van der Waals surface area contributed by atoms with Crippen LogP contribution in [-0.2, 0) is 19.5 Å². The number of benzene rings is 1. The number of hydrogen-bond acceptors (Lipinski definition) is 4. The summed E-state index contributed by atoms with van der Waals surface area (Å²) in [5.74, 6) is 0.773. The smallest absolute Gasteiger partial charge is 0.272 e. The van der Waals surface area contributed by atoms with E-state index in [4.69, 9.17) is 4.98 Å². The van der Waals surface area contributed by atoms with Gasteiger partial charge in [-0.3, -0.25) is 9.20 Å². The molecule has 142 valence electrons. The molecular weight excluding hydrogens is 370 g/mol. The van der Waals surface area contributed by atoms with Crippen LogP contribution in [0.4, 0.5) is 0 Å². The molecule has 1 amide bonds. The van der Waals surface area contributed by atoms with Gasteiger partial charge in [-0.1, -0.05) is 36.8 Å². The standard InChI is InChI=1S/C21H21N5OS/c27-20(22-13-16-14-25-11-12-28-21(25)23-16)18-17-9-5-2-6-10-26(17)19(24-18)15-7-3-1-4-8-15/h1,3-4,7-8,11-12,14H,2,5-6,9-10,13H2,(H,22,27). The Balaban J connectivity index is 1.44. The molecule has 0 fully saturated rings. The molecule has 0 bridgehead atoms. The number of fused-ring (bicyclic) bond motifs is 2. The van der Waals surface area contributed by atoms with E-state index < -0.39 is 0 Å². The second-order valence-electron chi connectivity index (χ2n) is 7.07. The highest BCUT2D eigenvalue weighted by Crippen LogP contribution is 2.27. The van der Waals surface area contributed by atoms with Gasteiger partial charge in [-0.15, -0.1) is 11.3 Å². The SMILES string of the molecule is O=C(NCc1cn2ccsc2n1)c1nc(-c2ccccc2)n2c1CCCCC2. The molecule has 4 heterocycles. The van der Waals surface area contributed by atoms with E-state index in [1.807, 2.05) is 40.4 Å². The Morgan fingerprint density at radius 2 is 2.04 bits per heavy atom. The number of nitrogens with one attached hydrogen (secondary N) is 1. The zero-order valence-corrected chi connectivity index (χ0v) is 16.3. The second-order valence-corrected chi connectivity index (χ2v) is 7.94. The highest BCUT2D eigenvalue weighted by atomic mass is 32.1. The van der Waals surface area contributed by atoms with Gasteiger partial charge >= 0.3 is 0 Å². The third kappa shape index (κ3) is 3.11. The first-order valence-corrected chi connectivity index (χ1v) is 10.5. The third-order valence-electron chi connectivity index (χ3n) is 5.19. The average Bonchev–Trinajstić information content (AvgIpc) is 3.36. The van der Waals surface area contributed by atoms with Crippen molar-refractivity contribution in [2.24, 2.45) is 0 Å². The molecule has 1 N–H and O–H groups in total. The highest BCUT2D eigenvalue weighted by Gasteiger charge is 2.24. The van der Waals surface area contributed by atoms with Crippen LogP contribution >= 0.6 is 11.3 Å². The fraction of sp³-hybridized carbons (Fsp3) is 0.286. The quantitative estimate of drug-likeness (QED) is 0.574. The summed E-state index contributed by atoms with van der Waals surface area (Å²) >= 11 is 1.58. The average molecular weight is 392 g/mol. The maximum Gasteiger partial charge on any atom is 0.272 e. The summed E-state index contributed by atoms with van der Waals surface area (Å²) in [7, 11) is 0. The van der Waals surface area contributed by atoms with E-state index in [0.29, 0.717) is 12.2 Å². The van der Waals surface area contributed by atoms with Crippen molar-refractivity contribution in [2.75, 3.05) is 0 Å². The van der Waals surface area contributed by atoms with Crippen LogP contribution in [0.2, 0.25) is 0 Å². The number of imidazole rings is 2. The first-order valence-electron chi connectivity index (χ1n) is 9.64. The Morgan fingerprint density at radius 1 is 1.14 bits per heavy atom. The van der Waals surface area contributed by atoms with Gasteiger partial charge in [-0.05, 0) is 19.3 Å². The molecule has 6 nitrogen and oxygen atoms in total. The van der Waals surface area contributed by atoms with Crippen LogP contribution in [-0.4, -0.2) is 24.8 Å². The number of aromatic nitrogens is 4. The maximum atomic E-state index is 13.0. The Hall–Kier alpha value is -2.93. The molecule has 1 aliphatic heterocycles. The van der Waals surface area contributed by atoms with E-state index in [1.54, 1.807) is 11.3 Å². The molecule has 4 aromatic rings. The molecule has 0 radical (unpaired) electrons. The van der Waals surface area contributed by atoms with Crippen molar-refractivity contribution in [3.63, 3.8) is 0 Å². The number of carbonyl (C=O) groups is 1. The summed E-state index contributed by atoms with van der Waals surface area (Å²) in [6.07, 6.45) is 8.22. The predicted octanol–water partition coefficient (Wildman–Crippen LogP) is 3.92. The van der Waals surface area contributed by atoms with Gasteiger partial charge in [0.25, 0.3) is 5.91 Å². The molecule has 0 saturated carbocycles. The predicted molar refractivity (Wildman–Crippen MR) is 109 cm³/mol. The largest absolute Gasteiger partial charge is 0.345 e. The van der Waals surface area contributed by atoms with Crippen LogP contribution in [0.15, 0.2) is 48.1 Å². The molecule has 1 aliphatic rings. The van der Waals surface area contributed by atoms with Crippen LogP contribution in [0.5, 0.6) is 0 Å². The number of amides is 1. The minimum Gasteiger partial charge on any atom is -0.345 e. The summed E-state index contributed by atoms with van der Waals surface area (Å²) in [5.41, 5.74) is 3.52. The molecule has 0 spiro atoms. The van der Waals surface area contributed by atoms with Crippen LogP contribution in [0.1, 0.15) is 41.1 Å². The molecular formula is C21H21N5OS. The fourth-order valence-electron chi connectivity index (χ4n) is 3.83. The molecule has 28 heavy (non-hydrogen) atoms. The number of hydrogen-bond donors (Lipinski definition) is 1. The van der Waals surface area contributed by atoms with Crippen molar-refractivity contribution in [1.82, 2.24) is 24.3 Å². The minimum atomic E-state index is -0.121. The Morgan fingerprint density at radius 3 is 2.89 bits per heavy atom. The Kier molecular flexibility index (Phi) is 4.44. The Bertz CT molecular complexity index is 1100. The number of rotatable bonds is 4. The van der Waals surface area contributed by atoms with Gasteiger partial charge in [-0.2, -0.15) is 0 Å². The topological polar surface area (TPSA) is 64.2 Å². The summed E-state index contributed by atoms with van der Waals surface area (Å²) < 4.78 is 4.21. The number of carbonyl (C=O) groups excluding carboxylic acids is 1. The second kappa shape index (κ2) is 7.24. The van der Waals surface area contributed by atoms with Gasteiger partial charge in [0.05, 0.1) is 17.9 Å². The lowest BCUT2D eigenvalue weighted by atomic mass is 10.1. The highest BCUT2D eigenvalue weighted by molar-refractivity contribution is 7.15. The number of nitrogens with zero attached hydrogens (tertiary/aromatic N) is 4. The van der Waals surface area contributed by atoms with Crippen molar-refractivity contribution in [3.8, 4) is 11.4 Å². The van der Waals surface area contributed by atoms with Crippen molar-refractivity contribution in [2.45, 2.75) is 38.8 Å². The number of thiazole rings is 1. The van der Waals surface area contributed by atoms with Gasteiger partial charge in [0.1, 0.15) is 11.5 Å². The molecule has 0 saturated heterocycles. The lowest BCUT2D eigenvalue weighted by molar-refractivity contribution is 0.0945. The van der Waals surface area contributed by atoms with E-state index in [2.05, 4.69) is 27.0 Å². The maximum absolute atomic E-state index is 13.0. The van der Waals surface area contributed by atoms with Crippen molar-refractivity contribution < 1.29 is 4.79 Å². The van der Waals surface area contributed by atoms with Gasteiger partial charge in [0.2, 0.25) is 0 Å². The third-order valence-corrected chi connectivity index (χ3v) is 5.96. The summed E-state index contributed by atoms with van der Waals surface area (Å²) in [4.78, 5) is 23.2. The molecule has 0 atom stereocenters. The van der Waals surface area contributed by atoms with Crippen molar-refractivity contribution in [3.05, 3.63) is 65.2 Å². The van der Waals surface area contributed by atoms with Gasteiger partial charge in [0, 0.05) is 29.9 Å². The lowest BCUT2D eigenvalue weighted by Gasteiger charge is -2.09. The summed E-state index contributed by atoms with van der Waals surface area (Å²) in [6.45, 7) is 1.32. The van der Waals surface area contributed by atoms with E-state index in [0.717, 1.165) is 53.5 Å². The minimum absolute atomic E-state index is 0.121. The van der Waals surface area contributed by atoms with Gasteiger partial charge in [-0.25, -0.2) is 9.97 Å². The van der Waals surface area contributed by atoms with Gasteiger partial charge < -0.3 is 9.88 Å². The molecule has 1 aromatic carbocycles. The van der Waals surface area contributed by atoms with E-state index in [9.17, 15) is 4.79 Å². The lowest BCUT2D eigenvalue weighted by Crippen LogP contribution is -2.24. The van der Waals surface area contributed by atoms with Crippen molar-refractivity contribution >= 4 is 22.2 Å². The normalized spacial score (nSPS) is 14.0. The summed E-state index contributed by atoms with van der Waals surface area (Å²) in [6, 6.07) is 10.1. The zero-order chi connectivity index (χ0) is 18.9. The molecule has 7 heteroatoms. The van der Waals surface area contributed by atoms with E-state index in [1.165, 1.54) is 6.42 Å². The van der Waals surface area contributed by atoms with Crippen LogP contribution in [0.3, 0.4) is 0 Å². The molecule has 0 aliphatic carbocycles. The van der Waals surface area contributed by atoms with Crippen LogP contribution in [0.25, 0.3) is 16.3 Å². The summed E-state index contributed by atoms with van der Waals surface area (Å²) in [5, 5.41) is 5.01. The van der Waals surface area contributed by atoms with E-state index in [-0.39, 0.29) is 5.91 Å². The van der Waals surface area contributed by atoms with Crippen LogP contribution < -0.4 is 5.32 Å². The van der Waals surface area contributed by atoms with Crippen molar-refractivity contribution in [1.29, 1.82) is 0 Å².